The van der Waals surface area contributed by atoms with Gasteiger partial charge in [0.15, 0.2) is 6.54 Å². The van der Waals surface area contributed by atoms with Crippen molar-refractivity contribution in [2.24, 2.45) is 0 Å². The molecule has 1 aliphatic rings. The van der Waals surface area contributed by atoms with E-state index in [2.05, 4.69) is 36.4 Å². The molecule has 0 aliphatic heterocycles. The van der Waals surface area contributed by atoms with E-state index in [1.165, 1.54) is 23.3 Å². The zero-order valence-corrected chi connectivity index (χ0v) is 18.6. The average molecular weight is 420 g/mol. The summed E-state index contributed by atoms with van der Waals surface area (Å²) in [6.07, 6.45) is 2.41. The number of rotatable bonds is 9. The minimum absolute atomic E-state index is 0.185. The predicted molar refractivity (Wildman–Crippen MR) is 123 cm³/mol. The van der Waals surface area contributed by atoms with E-state index >= 15 is 0 Å². The van der Waals surface area contributed by atoms with Crippen molar-refractivity contribution in [3.8, 4) is 11.5 Å². The Morgan fingerprint density at radius 2 is 1.52 bits per heavy atom. The predicted octanol–water partition coefficient (Wildman–Crippen LogP) is 3.06. The van der Waals surface area contributed by atoms with Gasteiger partial charge in [-0.15, -0.1) is 0 Å². The van der Waals surface area contributed by atoms with Crippen LogP contribution in [0.25, 0.3) is 10.8 Å². The molecule has 1 saturated carbocycles. The van der Waals surface area contributed by atoms with Gasteiger partial charge in [0, 0.05) is 32.0 Å². The maximum Gasteiger partial charge on any atom is 0.277 e. The molecule has 1 atom stereocenters. The Balaban J connectivity index is 1.38. The van der Waals surface area contributed by atoms with Crippen molar-refractivity contribution in [1.29, 1.82) is 0 Å². The lowest BCUT2D eigenvalue weighted by molar-refractivity contribution is -0.917. The second-order valence-corrected chi connectivity index (χ2v) is 8.43. The molecule has 5 heteroatoms. The third-order valence-corrected chi connectivity index (χ3v) is 6.08. The Morgan fingerprint density at radius 1 is 0.903 bits per heavy atom. The van der Waals surface area contributed by atoms with Crippen molar-refractivity contribution in [3.05, 3.63) is 71.8 Å². The number of fused-ring (bicyclic) bond motifs is 1. The number of quaternary nitrogens is 1. The van der Waals surface area contributed by atoms with Crippen LogP contribution in [0, 0.1) is 0 Å². The molecule has 0 aromatic heterocycles. The molecular weight excluding hydrogens is 388 g/mol. The molecule has 0 spiro atoms. The van der Waals surface area contributed by atoms with Crippen molar-refractivity contribution in [1.82, 2.24) is 4.90 Å². The molecule has 0 saturated heterocycles. The first-order valence-electron chi connectivity index (χ1n) is 10.8. The largest absolute Gasteiger partial charge is 0.497 e. The first kappa shape index (κ1) is 21.2. The molecule has 0 radical (unpaired) electrons. The third-order valence-electron chi connectivity index (χ3n) is 6.08. The van der Waals surface area contributed by atoms with Gasteiger partial charge in [0.1, 0.15) is 18.0 Å². The molecule has 3 aromatic carbocycles. The third kappa shape index (κ3) is 5.36. The minimum atomic E-state index is 0.185. The number of benzene rings is 3. The number of methoxy groups -OCH3 is 2. The zero-order chi connectivity index (χ0) is 21.8. The molecule has 4 rings (SSSR count). The fourth-order valence-corrected chi connectivity index (χ4v) is 4.04. The van der Waals surface area contributed by atoms with Gasteiger partial charge in [-0.2, -0.15) is 0 Å². The van der Waals surface area contributed by atoms with Crippen LogP contribution in [-0.2, 0) is 17.9 Å². The Bertz CT molecular complexity index is 1040. The molecule has 1 unspecified atom stereocenters. The van der Waals surface area contributed by atoms with E-state index in [9.17, 15) is 4.79 Å². The topological polar surface area (TPSA) is 43.2 Å². The number of carbonyl (C=O) groups excluding carboxylic acids is 1. The number of nitrogens with zero attached hydrogens (tertiary/aromatic N) is 1. The van der Waals surface area contributed by atoms with Crippen molar-refractivity contribution in [2.75, 3.05) is 27.8 Å². The number of hydrogen-bond acceptors (Lipinski definition) is 3. The van der Waals surface area contributed by atoms with E-state index in [-0.39, 0.29) is 5.91 Å². The van der Waals surface area contributed by atoms with E-state index in [0.717, 1.165) is 34.4 Å². The molecular formula is C26H31N2O3+. The van der Waals surface area contributed by atoms with Gasteiger partial charge >= 0.3 is 0 Å². The second kappa shape index (κ2) is 9.40. The summed E-state index contributed by atoms with van der Waals surface area (Å²) in [6, 6.07) is 21.2. The number of amides is 1. The summed E-state index contributed by atoms with van der Waals surface area (Å²) in [4.78, 5) is 16.2. The molecule has 3 aromatic rings. The van der Waals surface area contributed by atoms with Gasteiger partial charge in [-0.05, 0) is 58.8 Å². The number of likely N-dealkylation sites (N-methyl/N-ethyl adjacent to an activating group) is 1. The standard InChI is InChI=1S/C26H30N2O3/c1-27(16-20-4-7-22-15-25(31-3)13-8-21(22)14-20)26(29)18-28(23-9-10-23)17-19-5-11-24(30-2)12-6-19/h4-8,11-15,23H,9-10,16-18H2,1-3H3/p+1. The number of nitrogens with one attached hydrogen (secondary N) is 1. The summed E-state index contributed by atoms with van der Waals surface area (Å²) in [5.41, 5.74) is 2.37. The maximum atomic E-state index is 13.0. The van der Waals surface area contributed by atoms with E-state index in [1.807, 2.05) is 36.2 Å². The van der Waals surface area contributed by atoms with Gasteiger partial charge in [-0.3, -0.25) is 4.79 Å². The number of carbonyl (C=O) groups is 1. The van der Waals surface area contributed by atoms with Crippen LogP contribution < -0.4 is 14.4 Å². The number of ether oxygens (including phenoxy) is 2. The number of hydrogen-bond donors (Lipinski definition) is 1. The zero-order valence-electron chi connectivity index (χ0n) is 18.6. The van der Waals surface area contributed by atoms with Gasteiger partial charge in [0.25, 0.3) is 5.91 Å². The highest BCUT2D eigenvalue weighted by atomic mass is 16.5. The van der Waals surface area contributed by atoms with Crippen molar-refractivity contribution in [3.63, 3.8) is 0 Å². The molecule has 1 aliphatic carbocycles. The summed E-state index contributed by atoms with van der Waals surface area (Å²) in [5, 5.41) is 2.30. The second-order valence-electron chi connectivity index (χ2n) is 8.43. The van der Waals surface area contributed by atoms with Gasteiger partial charge in [-0.1, -0.05) is 18.2 Å². The summed E-state index contributed by atoms with van der Waals surface area (Å²) in [6.45, 7) is 2.01. The van der Waals surface area contributed by atoms with Gasteiger partial charge in [-0.25, -0.2) is 0 Å². The van der Waals surface area contributed by atoms with E-state index in [1.54, 1.807) is 14.2 Å². The quantitative estimate of drug-likeness (QED) is 0.580. The molecule has 31 heavy (non-hydrogen) atoms. The summed E-state index contributed by atoms with van der Waals surface area (Å²) in [7, 11) is 5.26. The molecule has 0 heterocycles. The van der Waals surface area contributed by atoms with E-state index in [4.69, 9.17) is 9.47 Å². The summed E-state index contributed by atoms with van der Waals surface area (Å²) < 4.78 is 10.6. The van der Waals surface area contributed by atoms with E-state index in [0.29, 0.717) is 19.1 Å². The molecule has 1 fully saturated rings. The van der Waals surface area contributed by atoms with Crippen LogP contribution in [0.5, 0.6) is 11.5 Å². The molecule has 5 nitrogen and oxygen atoms in total. The Hall–Kier alpha value is -3.05. The minimum Gasteiger partial charge on any atom is -0.497 e. The van der Waals surface area contributed by atoms with Crippen LogP contribution in [0.1, 0.15) is 24.0 Å². The lowest BCUT2D eigenvalue weighted by Crippen LogP contribution is -3.13. The maximum absolute atomic E-state index is 13.0. The Labute approximate surface area is 184 Å². The molecule has 1 N–H and O–H groups in total. The highest BCUT2D eigenvalue weighted by molar-refractivity contribution is 5.84. The fourth-order valence-electron chi connectivity index (χ4n) is 4.04. The van der Waals surface area contributed by atoms with Crippen molar-refractivity contribution < 1.29 is 19.2 Å². The van der Waals surface area contributed by atoms with Crippen LogP contribution in [0.3, 0.4) is 0 Å². The fraction of sp³-hybridized carbons (Fsp3) is 0.346. The van der Waals surface area contributed by atoms with Gasteiger partial charge in [0.2, 0.25) is 0 Å². The lowest BCUT2D eigenvalue weighted by atomic mass is 10.1. The highest BCUT2D eigenvalue weighted by Gasteiger charge is 2.35. The average Bonchev–Trinajstić information content (AvgIpc) is 3.64. The lowest BCUT2D eigenvalue weighted by Gasteiger charge is -2.23. The van der Waals surface area contributed by atoms with Crippen molar-refractivity contribution in [2.45, 2.75) is 32.0 Å². The van der Waals surface area contributed by atoms with Crippen LogP contribution in [-0.4, -0.2) is 44.7 Å². The first-order chi connectivity index (χ1) is 15.1. The highest BCUT2D eigenvalue weighted by Crippen LogP contribution is 2.22. The smallest absolute Gasteiger partial charge is 0.277 e. The van der Waals surface area contributed by atoms with Crippen molar-refractivity contribution >= 4 is 16.7 Å². The summed E-state index contributed by atoms with van der Waals surface area (Å²) >= 11 is 0. The van der Waals surface area contributed by atoms with Crippen LogP contribution >= 0.6 is 0 Å². The SMILES string of the molecule is COc1ccc(C[NH+](CC(=O)N(C)Cc2ccc3cc(OC)ccc3c2)C2CC2)cc1. The van der Waals surface area contributed by atoms with Crippen LogP contribution in [0.2, 0.25) is 0 Å². The Kier molecular flexibility index (Phi) is 6.42. The molecule has 1 amide bonds. The molecule has 0 bridgehead atoms. The summed E-state index contributed by atoms with van der Waals surface area (Å²) in [5.74, 6) is 1.90. The monoisotopic (exact) mass is 419 g/mol. The molecule has 162 valence electrons. The van der Waals surface area contributed by atoms with Gasteiger partial charge in [0.05, 0.1) is 20.3 Å². The normalized spacial score (nSPS) is 14.3. The van der Waals surface area contributed by atoms with Crippen LogP contribution in [0.15, 0.2) is 60.7 Å². The Morgan fingerprint density at radius 3 is 2.19 bits per heavy atom. The first-order valence-corrected chi connectivity index (χ1v) is 10.8. The van der Waals surface area contributed by atoms with E-state index < -0.39 is 0 Å². The van der Waals surface area contributed by atoms with Crippen LogP contribution in [0.4, 0.5) is 0 Å². The van der Waals surface area contributed by atoms with Gasteiger partial charge < -0.3 is 19.3 Å².